The van der Waals surface area contributed by atoms with Crippen molar-refractivity contribution in [3.05, 3.63) is 10.4 Å². The molecule has 104 valence electrons. The van der Waals surface area contributed by atoms with Crippen LogP contribution in [0.3, 0.4) is 0 Å². The number of nitrogens with zero attached hydrogens (tertiary/aromatic N) is 3. The van der Waals surface area contributed by atoms with Gasteiger partial charge in [-0.3, -0.25) is 4.52 Å². The molecule has 1 saturated heterocycles. The van der Waals surface area contributed by atoms with Gasteiger partial charge in [0.15, 0.2) is 0 Å². The lowest BCUT2D eigenvalue weighted by Crippen LogP contribution is -2.46. The first-order valence-corrected chi connectivity index (χ1v) is 6.20. The molecule has 1 unspecified atom stereocenters. The van der Waals surface area contributed by atoms with E-state index in [0.717, 1.165) is 0 Å². The molecule has 0 aromatic heterocycles. The number of aliphatic hydroxyl groups excluding tert-OH is 2. The summed E-state index contributed by atoms with van der Waals surface area (Å²) in [5.41, 5.74) is 8.09. The molecule has 1 aliphatic rings. The number of aliphatic hydroxyl groups is 3. The highest BCUT2D eigenvalue weighted by molar-refractivity contribution is 7.46. The Morgan fingerprint density at radius 1 is 1.50 bits per heavy atom. The average Bonchev–Trinajstić information content (AvgIpc) is 2.49. The van der Waals surface area contributed by atoms with Gasteiger partial charge in [0.2, 0.25) is 5.79 Å². The van der Waals surface area contributed by atoms with Crippen molar-refractivity contribution in [1.29, 1.82) is 0 Å². The third kappa shape index (κ3) is 3.62. The van der Waals surface area contributed by atoms with Crippen molar-refractivity contribution >= 4 is 7.82 Å². The van der Waals surface area contributed by atoms with Crippen LogP contribution in [0, 0.1) is 0 Å². The second-order valence-electron chi connectivity index (χ2n) is 3.61. The van der Waals surface area contributed by atoms with Crippen LogP contribution in [0.4, 0.5) is 0 Å². The first-order chi connectivity index (χ1) is 8.19. The first-order valence-electron chi connectivity index (χ1n) is 4.67. The van der Waals surface area contributed by atoms with E-state index in [4.69, 9.17) is 20.1 Å². The van der Waals surface area contributed by atoms with E-state index in [1.807, 2.05) is 0 Å². The van der Waals surface area contributed by atoms with Crippen molar-refractivity contribution < 1.29 is 38.9 Å². The van der Waals surface area contributed by atoms with E-state index >= 15 is 0 Å². The highest BCUT2D eigenvalue weighted by Gasteiger charge is 2.54. The van der Waals surface area contributed by atoms with E-state index < -0.39 is 38.5 Å². The fraction of sp³-hybridized carbons (Fsp3) is 1.00. The van der Waals surface area contributed by atoms with Gasteiger partial charge in [-0.25, -0.2) is 4.57 Å². The summed E-state index contributed by atoms with van der Waals surface area (Å²) >= 11 is 0. The number of hydrogen-bond donors (Lipinski definition) is 5. The Morgan fingerprint density at radius 3 is 2.61 bits per heavy atom. The molecule has 0 radical (unpaired) electrons. The fourth-order valence-corrected chi connectivity index (χ4v) is 1.78. The van der Waals surface area contributed by atoms with E-state index in [1.165, 1.54) is 0 Å². The van der Waals surface area contributed by atoms with Crippen LogP contribution in [0.25, 0.3) is 10.4 Å². The molecule has 0 spiro atoms. The van der Waals surface area contributed by atoms with E-state index in [2.05, 4.69) is 14.5 Å². The normalized spacial score (nSPS) is 36.4. The molecule has 0 bridgehead atoms. The minimum Gasteiger partial charge on any atom is -0.387 e. The summed E-state index contributed by atoms with van der Waals surface area (Å²) < 4.78 is 19.3. The van der Waals surface area contributed by atoms with Gasteiger partial charge in [0.1, 0.15) is 18.8 Å². The lowest BCUT2D eigenvalue weighted by Gasteiger charge is -2.25. The van der Waals surface area contributed by atoms with Crippen LogP contribution >= 0.6 is 7.82 Å². The maximum absolute atomic E-state index is 10.5. The topological polar surface area (TPSA) is 185 Å². The molecule has 4 atom stereocenters. The van der Waals surface area contributed by atoms with Crippen molar-refractivity contribution in [2.45, 2.75) is 24.1 Å². The Hall–Kier alpha value is -0.740. The highest BCUT2D eigenvalue weighted by Crippen LogP contribution is 2.39. The zero-order valence-electron chi connectivity index (χ0n) is 8.90. The van der Waals surface area contributed by atoms with Crippen LogP contribution in [-0.4, -0.2) is 62.4 Å². The van der Waals surface area contributed by atoms with Gasteiger partial charge in [0.25, 0.3) is 0 Å². The van der Waals surface area contributed by atoms with Gasteiger partial charge in [-0.15, -0.1) is 0 Å². The molecule has 1 rings (SSSR count). The molecule has 11 nitrogen and oxygen atoms in total. The maximum Gasteiger partial charge on any atom is 0.469 e. The summed E-state index contributed by atoms with van der Waals surface area (Å²) in [4.78, 5) is 19.3. The van der Waals surface area contributed by atoms with Gasteiger partial charge in [0.05, 0.1) is 12.6 Å². The lowest BCUT2D eigenvalue weighted by atomic mass is 10.1. The Kier molecular flexibility index (Phi) is 4.67. The number of rotatable bonds is 5. The van der Waals surface area contributed by atoms with Crippen LogP contribution < -0.4 is 0 Å². The molecule has 5 N–H and O–H groups in total. The summed E-state index contributed by atoms with van der Waals surface area (Å²) in [6.07, 6.45) is -4.65. The standard InChI is InChI=1S/C6H12N3O8P/c7-9-8-1-3-4(10)5(11)6(12,17-3)2-16-18(13,14)15/h3-5,10-12H,1-2H2,(H2,13,14,15)/t3-,4-,5+,6?/m0/s1. The van der Waals surface area contributed by atoms with Crippen molar-refractivity contribution in [3.8, 4) is 0 Å². The summed E-state index contributed by atoms with van der Waals surface area (Å²) in [5.74, 6) is -2.49. The lowest BCUT2D eigenvalue weighted by molar-refractivity contribution is -0.242. The predicted molar refractivity (Wildman–Crippen MR) is 53.8 cm³/mol. The number of azide groups is 1. The van der Waals surface area contributed by atoms with Crippen molar-refractivity contribution in [3.63, 3.8) is 0 Å². The third-order valence-corrected chi connectivity index (χ3v) is 2.75. The van der Waals surface area contributed by atoms with Crippen molar-refractivity contribution in [2.24, 2.45) is 5.11 Å². The molecule has 12 heteroatoms. The van der Waals surface area contributed by atoms with Gasteiger partial charge in [-0.2, -0.15) is 0 Å². The molecule has 18 heavy (non-hydrogen) atoms. The molecule has 0 saturated carbocycles. The SMILES string of the molecule is [N-]=[N+]=NC[C@@H]1OC(O)(COP(=O)(O)O)[C@H](O)[C@H]1O. The quantitative estimate of drug-likeness (QED) is 0.169. The van der Waals surface area contributed by atoms with Crippen LogP contribution in [0.2, 0.25) is 0 Å². The van der Waals surface area contributed by atoms with Gasteiger partial charge in [-0.1, -0.05) is 5.11 Å². The monoisotopic (exact) mass is 285 g/mol. The summed E-state index contributed by atoms with van der Waals surface area (Å²) in [6.45, 7) is -1.42. The zero-order valence-corrected chi connectivity index (χ0v) is 9.79. The highest BCUT2D eigenvalue weighted by atomic mass is 31.2. The third-order valence-electron chi connectivity index (χ3n) is 2.29. The van der Waals surface area contributed by atoms with Crippen molar-refractivity contribution in [1.82, 2.24) is 0 Å². The second kappa shape index (κ2) is 5.49. The number of hydrogen-bond acceptors (Lipinski definition) is 7. The predicted octanol–water partition coefficient (Wildman–Crippen LogP) is -1.78. The van der Waals surface area contributed by atoms with E-state index in [1.54, 1.807) is 0 Å². The average molecular weight is 285 g/mol. The largest absolute Gasteiger partial charge is 0.469 e. The Balaban J connectivity index is 2.71. The minimum absolute atomic E-state index is 0.368. The van der Waals surface area contributed by atoms with Crippen LogP contribution in [-0.2, 0) is 13.8 Å². The molecule has 0 aliphatic carbocycles. The number of phosphoric ester groups is 1. The van der Waals surface area contributed by atoms with E-state index in [9.17, 15) is 19.9 Å². The zero-order chi connectivity index (χ0) is 14.0. The van der Waals surface area contributed by atoms with Gasteiger partial charge >= 0.3 is 7.82 Å². The van der Waals surface area contributed by atoms with E-state index in [0.29, 0.717) is 0 Å². The molecule has 0 aromatic rings. The molecule has 0 aromatic carbocycles. The fourth-order valence-electron chi connectivity index (χ4n) is 1.43. The first kappa shape index (κ1) is 15.3. The molecular formula is C6H12N3O8P. The summed E-state index contributed by atoms with van der Waals surface area (Å²) in [6, 6.07) is 0. The second-order valence-corrected chi connectivity index (χ2v) is 4.85. The molecule has 1 fully saturated rings. The van der Waals surface area contributed by atoms with Gasteiger partial charge in [0, 0.05) is 4.91 Å². The Morgan fingerprint density at radius 2 is 2.11 bits per heavy atom. The Labute approximate surface area is 100 Å². The molecular weight excluding hydrogens is 273 g/mol. The number of phosphoric acid groups is 1. The van der Waals surface area contributed by atoms with Crippen LogP contribution in [0.1, 0.15) is 0 Å². The summed E-state index contributed by atoms with van der Waals surface area (Å²) in [5, 5.41) is 31.8. The van der Waals surface area contributed by atoms with E-state index in [-0.39, 0.29) is 6.54 Å². The summed E-state index contributed by atoms with van der Waals surface area (Å²) in [7, 11) is -4.86. The molecule has 1 aliphatic heterocycles. The minimum atomic E-state index is -4.86. The van der Waals surface area contributed by atoms with Crippen LogP contribution in [0.15, 0.2) is 5.11 Å². The van der Waals surface area contributed by atoms with Gasteiger partial charge < -0.3 is 29.8 Å². The molecule has 0 amide bonds. The van der Waals surface area contributed by atoms with Crippen molar-refractivity contribution in [2.75, 3.05) is 13.2 Å². The van der Waals surface area contributed by atoms with Crippen LogP contribution in [0.5, 0.6) is 0 Å². The maximum atomic E-state index is 10.5. The number of ether oxygens (including phenoxy) is 1. The Bertz CT molecular complexity index is 394. The smallest absolute Gasteiger partial charge is 0.387 e. The molecule has 1 heterocycles. The van der Waals surface area contributed by atoms with Gasteiger partial charge in [-0.05, 0) is 5.53 Å².